The van der Waals surface area contributed by atoms with E-state index in [4.69, 9.17) is 11.6 Å². The first-order valence-electron chi connectivity index (χ1n) is 4.22. The fraction of sp³-hybridized carbons (Fsp3) is 0.300. The van der Waals surface area contributed by atoms with E-state index in [1.54, 1.807) is 11.3 Å². The number of rotatable bonds is 2. The van der Waals surface area contributed by atoms with Gasteiger partial charge in [0.15, 0.2) is 0 Å². The molecule has 0 aliphatic carbocycles. The van der Waals surface area contributed by atoms with E-state index < -0.39 is 0 Å². The van der Waals surface area contributed by atoms with Crippen LogP contribution in [-0.4, -0.2) is 10.4 Å². The Morgan fingerprint density at radius 1 is 1.54 bits per heavy atom. The number of nitrogens with zero attached hydrogens (tertiary/aromatic N) is 1. The summed E-state index contributed by atoms with van der Waals surface area (Å²) in [5.41, 5.74) is 1.11. The SMILES string of the molecule is CC(Cl)Cc1nccc2sccc12. The average Bonchev–Trinajstić information content (AvgIpc) is 2.51. The minimum atomic E-state index is 0.151. The van der Waals surface area contributed by atoms with Crippen molar-refractivity contribution in [2.24, 2.45) is 0 Å². The van der Waals surface area contributed by atoms with Gasteiger partial charge in [-0.05, 0) is 24.4 Å². The zero-order valence-corrected chi connectivity index (χ0v) is 8.90. The first-order valence-corrected chi connectivity index (χ1v) is 5.54. The Morgan fingerprint density at radius 3 is 3.15 bits per heavy atom. The third-order valence-electron chi connectivity index (χ3n) is 1.94. The number of hydrogen-bond acceptors (Lipinski definition) is 2. The Labute approximate surface area is 86.4 Å². The van der Waals surface area contributed by atoms with Gasteiger partial charge in [0, 0.05) is 28.1 Å². The van der Waals surface area contributed by atoms with E-state index >= 15 is 0 Å². The summed E-state index contributed by atoms with van der Waals surface area (Å²) in [6.45, 7) is 1.99. The number of hydrogen-bond donors (Lipinski definition) is 0. The van der Waals surface area contributed by atoms with Crippen molar-refractivity contribution in [3.05, 3.63) is 29.4 Å². The molecular formula is C10H10ClNS. The molecule has 2 heterocycles. The van der Waals surface area contributed by atoms with Gasteiger partial charge in [0.1, 0.15) is 0 Å². The van der Waals surface area contributed by atoms with Crippen molar-refractivity contribution < 1.29 is 0 Å². The number of pyridine rings is 1. The van der Waals surface area contributed by atoms with Crippen LogP contribution in [0.3, 0.4) is 0 Å². The van der Waals surface area contributed by atoms with E-state index in [2.05, 4.69) is 16.4 Å². The molecule has 1 nitrogen and oxygen atoms in total. The van der Waals surface area contributed by atoms with Crippen molar-refractivity contribution in [2.45, 2.75) is 18.7 Å². The van der Waals surface area contributed by atoms with Crippen molar-refractivity contribution >= 4 is 33.0 Å². The molecule has 0 saturated carbocycles. The molecule has 3 heteroatoms. The minimum absolute atomic E-state index is 0.151. The van der Waals surface area contributed by atoms with Crippen LogP contribution in [-0.2, 0) is 6.42 Å². The van der Waals surface area contributed by atoms with Gasteiger partial charge in [0.25, 0.3) is 0 Å². The van der Waals surface area contributed by atoms with Gasteiger partial charge in [0.05, 0.1) is 5.69 Å². The van der Waals surface area contributed by atoms with Crippen LogP contribution in [0.2, 0.25) is 0 Å². The van der Waals surface area contributed by atoms with E-state index in [1.807, 2.05) is 19.2 Å². The fourth-order valence-corrected chi connectivity index (χ4v) is 2.33. The van der Waals surface area contributed by atoms with E-state index in [9.17, 15) is 0 Å². The highest BCUT2D eigenvalue weighted by molar-refractivity contribution is 7.17. The molecule has 0 N–H and O–H groups in total. The van der Waals surface area contributed by atoms with E-state index in [-0.39, 0.29) is 5.38 Å². The maximum atomic E-state index is 5.94. The molecule has 1 unspecified atom stereocenters. The molecule has 2 aromatic heterocycles. The van der Waals surface area contributed by atoms with Crippen molar-refractivity contribution in [3.8, 4) is 0 Å². The van der Waals surface area contributed by atoms with Crippen LogP contribution in [0.15, 0.2) is 23.7 Å². The molecule has 2 rings (SSSR count). The van der Waals surface area contributed by atoms with Crippen molar-refractivity contribution in [1.82, 2.24) is 4.98 Å². The van der Waals surface area contributed by atoms with Crippen molar-refractivity contribution in [3.63, 3.8) is 0 Å². The summed E-state index contributed by atoms with van der Waals surface area (Å²) < 4.78 is 1.29. The Kier molecular flexibility index (Phi) is 2.51. The first-order chi connectivity index (χ1) is 6.27. The molecule has 0 saturated heterocycles. The van der Waals surface area contributed by atoms with Crippen molar-refractivity contribution in [1.29, 1.82) is 0 Å². The fourth-order valence-electron chi connectivity index (χ4n) is 1.38. The zero-order chi connectivity index (χ0) is 9.26. The summed E-state index contributed by atoms with van der Waals surface area (Å²) in [5, 5.41) is 3.49. The van der Waals surface area contributed by atoms with Crippen LogP contribution in [0, 0.1) is 0 Å². The lowest BCUT2D eigenvalue weighted by molar-refractivity contribution is 0.902. The molecule has 0 fully saturated rings. The lowest BCUT2D eigenvalue weighted by atomic mass is 10.1. The van der Waals surface area contributed by atoms with Crippen molar-refractivity contribution in [2.75, 3.05) is 0 Å². The maximum absolute atomic E-state index is 5.94. The molecular weight excluding hydrogens is 202 g/mol. The lowest BCUT2D eigenvalue weighted by Gasteiger charge is -2.03. The van der Waals surface area contributed by atoms with Crippen LogP contribution in [0.25, 0.3) is 10.1 Å². The summed E-state index contributed by atoms with van der Waals surface area (Å²) in [6.07, 6.45) is 2.70. The molecule has 0 bridgehead atoms. The number of thiophene rings is 1. The second kappa shape index (κ2) is 3.64. The molecule has 2 aromatic rings. The minimum Gasteiger partial charge on any atom is -0.261 e. The number of fused-ring (bicyclic) bond motifs is 1. The van der Waals surface area contributed by atoms with Crippen LogP contribution in [0.4, 0.5) is 0 Å². The monoisotopic (exact) mass is 211 g/mol. The quantitative estimate of drug-likeness (QED) is 0.694. The average molecular weight is 212 g/mol. The molecule has 0 radical (unpaired) electrons. The summed E-state index contributed by atoms with van der Waals surface area (Å²) in [7, 11) is 0. The number of alkyl halides is 1. The molecule has 0 spiro atoms. The van der Waals surface area contributed by atoms with Gasteiger partial charge in [-0.25, -0.2) is 0 Å². The van der Waals surface area contributed by atoms with Gasteiger partial charge in [0.2, 0.25) is 0 Å². The topological polar surface area (TPSA) is 12.9 Å². The third-order valence-corrected chi connectivity index (χ3v) is 2.97. The highest BCUT2D eigenvalue weighted by Crippen LogP contribution is 2.23. The van der Waals surface area contributed by atoms with Gasteiger partial charge in [-0.15, -0.1) is 22.9 Å². The van der Waals surface area contributed by atoms with Crippen LogP contribution in [0.1, 0.15) is 12.6 Å². The summed E-state index contributed by atoms with van der Waals surface area (Å²) in [4.78, 5) is 4.34. The third kappa shape index (κ3) is 1.84. The second-order valence-electron chi connectivity index (χ2n) is 3.07. The standard InChI is InChI=1S/C10H10ClNS/c1-7(11)6-9-8-3-5-13-10(8)2-4-12-9/h2-5,7H,6H2,1H3. The first kappa shape index (κ1) is 8.97. The Balaban J connectivity index is 2.48. The van der Waals surface area contributed by atoms with Gasteiger partial charge in [-0.2, -0.15) is 0 Å². The molecule has 13 heavy (non-hydrogen) atoms. The van der Waals surface area contributed by atoms with Crippen LogP contribution >= 0.6 is 22.9 Å². The largest absolute Gasteiger partial charge is 0.261 e. The van der Waals surface area contributed by atoms with E-state index in [1.165, 1.54) is 10.1 Å². The molecule has 1 atom stereocenters. The van der Waals surface area contributed by atoms with E-state index in [0.717, 1.165) is 12.1 Å². The van der Waals surface area contributed by atoms with Crippen LogP contribution < -0.4 is 0 Å². The second-order valence-corrected chi connectivity index (χ2v) is 4.77. The highest BCUT2D eigenvalue weighted by atomic mass is 35.5. The van der Waals surface area contributed by atoms with Gasteiger partial charge >= 0.3 is 0 Å². The number of halogens is 1. The Bertz CT molecular complexity index is 408. The Morgan fingerprint density at radius 2 is 2.38 bits per heavy atom. The van der Waals surface area contributed by atoms with Gasteiger partial charge in [-0.1, -0.05) is 0 Å². The van der Waals surface area contributed by atoms with E-state index in [0.29, 0.717) is 0 Å². The van der Waals surface area contributed by atoms with Gasteiger partial charge < -0.3 is 0 Å². The zero-order valence-electron chi connectivity index (χ0n) is 7.33. The summed E-state index contributed by atoms with van der Waals surface area (Å²) in [5.74, 6) is 0. The lowest BCUT2D eigenvalue weighted by Crippen LogP contribution is -1.99. The maximum Gasteiger partial charge on any atom is 0.0504 e. The normalized spacial score (nSPS) is 13.4. The molecule has 0 amide bonds. The molecule has 0 aromatic carbocycles. The summed E-state index contributed by atoms with van der Waals surface area (Å²) >= 11 is 7.69. The highest BCUT2D eigenvalue weighted by Gasteiger charge is 2.05. The molecule has 0 aliphatic heterocycles. The predicted molar refractivity (Wildman–Crippen MR) is 58.6 cm³/mol. The molecule has 68 valence electrons. The molecule has 0 aliphatic rings. The summed E-state index contributed by atoms with van der Waals surface area (Å²) in [6, 6.07) is 4.16. The van der Waals surface area contributed by atoms with Crippen LogP contribution in [0.5, 0.6) is 0 Å². The number of aromatic nitrogens is 1. The predicted octanol–water partition coefficient (Wildman–Crippen LogP) is 3.47. The van der Waals surface area contributed by atoms with Gasteiger partial charge in [-0.3, -0.25) is 4.98 Å². The smallest absolute Gasteiger partial charge is 0.0504 e. The Hall–Kier alpha value is -0.600.